The van der Waals surface area contributed by atoms with Gasteiger partial charge < -0.3 is 10.3 Å². The van der Waals surface area contributed by atoms with Gasteiger partial charge in [0.25, 0.3) is 5.56 Å². The topological polar surface area (TPSA) is 74.8 Å². The van der Waals surface area contributed by atoms with E-state index in [4.69, 9.17) is 0 Å². The third kappa shape index (κ3) is 3.70. The largest absolute Gasteiger partial charge is 0.352 e. The fourth-order valence-corrected chi connectivity index (χ4v) is 2.73. The molecule has 6 heteroatoms. The lowest BCUT2D eigenvalue weighted by atomic mass is 9.97. The van der Waals surface area contributed by atoms with Gasteiger partial charge in [0.05, 0.1) is 11.4 Å². The minimum absolute atomic E-state index is 0.0568. The molecular formula is C13H17N3O2S. The van der Waals surface area contributed by atoms with Gasteiger partial charge in [-0.1, -0.05) is 17.8 Å². The van der Waals surface area contributed by atoms with Gasteiger partial charge in [-0.25, -0.2) is 4.98 Å². The molecule has 2 rings (SSSR count). The lowest BCUT2D eigenvalue weighted by Crippen LogP contribution is -2.26. The fourth-order valence-electron chi connectivity index (χ4n) is 2.02. The predicted molar refractivity (Wildman–Crippen MR) is 75.4 cm³/mol. The Bertz CT molecular complexity index is 539. The lowest BCUT2D eigenvalue weighted by molar-refractivity contribution is -0.118. The molecule has 1 heterocycles. The molecule has 0 radical (unpaired) electrons. The Balaban J connectivity index is 2.01. The van der Waals surface area contributed by atoms with Crippen molar-refractivity contribution in [1.82, 2.24) is 15.3 Å². The van der Waals surface area contributed by atoms with Crippen LogP contribution in [0.3, 0.4) is 0 Å². The zero-order chi connectivity index (χ0) is 13.7. The number of fused-ring (bicyclic) bond motifs is 1. The van der Waals surface area contributed by atoms with E-state index >= 15 is 0 Å². The van der Waals surface area contributed by atoms with Crippen LogP contribution < -0.4 is 10.9 Å². The van der Waals surface area contributed by atoms with Crippen molar-refractivity contribution in [3.63, 3.8) is 0 Å². The maximum Gasteiger partial charge on any atom is 0.254 e. The Labute approximate surface area is 115 Å². The summed E-state index contributed by atoms with van der Waals surface area (Å²) in [4.78, 5) is 30.5. The molecule has 102 valence electrons. The average Bonchev–Trinajstić information content (AvgIpc) is 2.43. The standard InChI is InChI=1S/C13H17N3O2S/c1-2-7-14-11(17)8-19-13-15-10-6-4-3-5-9(10)12(18)16-13/h2H,1,3-8H2,(H,14,17)(H,15,16,18). The second-order valence-electron chi connectivity index (χ2n) is 4.38. The number of carbonyl (C=O) groups excluding carboxylic acids is 1. The van der Waals surface area contributed by atoms with Gasteiger partial charge in [0, 0.05) is 12.1 Å². The zero-order valence-corrected chi connectivity index (χ0v) is 11.5. The highest BCUT2D eigenvalue weighted by Crippen LogP contribution is 2.18. The van der Waals surface area contributed by atoms with Crippen molar-refractivity contribution >= 4 is 17.7 Å². The van der Waals surface area contributed by atoms with E-state index in [-0.39, 0.29) is 17.2 Å². The molecule has 0 aromatic carbocycles. The molecule has 1 aromatic heterocycles. The van der Waals surface area contributed by atoms with E-state index < -0.39 is 0 Å². The molecule has 5 nitrogen and oxygen atoms in total. The van der Waals surface area contributed by atoms with E-state index in [0.717, 1.165) is 36.9 Å². The Morgan fingerprint density at radius 1 is 1.47 bits per heavy atom. The van der Waals surface area contributed by atoms with Crippen LogP contribution in [0.1, 0.15) is 24.1 Å². The van der Waals surface area contributed by atoms with Gasteiger partial charge >= 0.3 is 0 Å². The Morgan fingerprint density at radius 2 is 2.26 bits per heavy atom. The summed E-state index contributed by atoms with van der Waals surface area (Å²) in [6.45, 7) is 3.98. The second kappa shape index (κ2) is 6.56. The maximum atomic E-state index is 11.9. The minimum Gasteiger partial charge on any atom is -0.352 e. The summed E-state index contributed by atoms with van der Waals surface area (Å²) < 4.78 is 0. The SMILES string of the molecule is C=CCNC(=O)CSc1nc2c(c(=O)[nH]1)CCCC2. The number of carbonyl (C=O) groups is 1. The van der Waals surface area contributed by atoms with E-state index in [1.807, 2.05) is 0 Å². The van der Waals surface area contributed by atoms with Crippen LogP contribution in [0.4, 0.5) is 0 Å². The Morgan fingerprint density at radius 3 is 3.05 bits per heavy atom. The summed E-state index contributed by atoms with van der Waals surface area (Å²) >= 11 is 1.25. The van der Waals surface area contributed by atoms with Gasteiger partial charge in [-0.3, -0.25) is 9.59 Å². The third-order valence-corrected chi connectivity index (χ3v) is 3.83. The number of hydrogen-bond acceptors (Lipinski definition) is 4. The van der Waals surface area contributed by atoms with Crippen molar-refractivity contribution in [2.24, 2.45) is 0 Å². The highest BCUT2D eigenvalue weighted by molar-refractivity contribution is 7.99. The number of amides is 1. The van der Waals surface area contributed by atoms with Gasteiger partial charge in [0.1, 0.15) is 0 Å². The molecule has 0 spiro atoms. The number of thioether (sulfide) groups is 1. The molecule has 19 heavy (non-hydrogen) atoms. The first-order valence-corrected chi connectivity index (χ1v) is 7.31. The highest BCUT2D eigenvalue weighted by atomic mass is 32.2. The molecule has 1 aliphatic rings. The molecule has 1 aromatic rings. The molecule has 0 bridgehead atoms. The molecule has 0 aliphatic heterocycles. The summed E-state index contributed by atoms with van der Waals surface area (Å²) in [5.74, 6) is 0.153. The fraction of sp³-hybridized carbons (Fsp3) is 0.462. The van der Waals surface area contributed by atoms with Crippen molar-refractivity contribution in [3.05, 3.63) is 34.3 Å². The van der Waals surface area contributed by atoms with Gasteiger partial charge in [-0.05, 0) is 25.7 Å². The maximum absolute atomic E-state index is 11.9. The summed E-state index contributed by atoms with van der Waals surface area (Å²) in [5, 5.41) is 3.21. The number of aromatic amines is 1. The number of rotatable bonds is 5. The molecule has 1 aliphatic carbocycles. The van der Waals surface area contributed by atoms with Crippen LogP contribution in [0.15, 0.2) is 22.6 Å². The van der Waals surface area contributed by atoms with E-state index in [1.54, 1.807) is 6.08 Å². The van der Waals surface area contributed by atoms with Gasteiger partial charge in [-0.15, -0.1) is 6.58 Å². The highest BCUT2D eigenvalue weighted by Gasteiger charge is 2.15. The monoisotopic (exact) mass is 279 g/mol. The van der Waals surface area contributed by atoms with Crippen molar-refractivity contribution in [2.45, 2.75) is 30.8 Å². The van der Waals surface area contributed by atoms with Gasteiger partial charge in [0.2, 0.25) is 5.91 Å². The van der Waals surface area contributed by atoms with E-state index in [1.165, 1.54) is 11.8 Å². The van der Waals surface area contributed by atoms with Crippen LogP contribution in [0.2, 0.25) is 0 Å². The van der Waals surface area contributed by atoms with Crippen molar-refractivity contribution in [2.75, 3.05) is 12.3 Å². The van der Waals surface area contributed by atoms with Crippen LogP contribution in [0, 0.1) is 0 Å². The first kappa shape index (κ1) is 13.9. The molecular weight excluding hydrogens is 262 g/mol. The van der Waals surface area contributed by atoms with E-state index in [0.29, 0.717) is 11.7 Å². The molecule has 0 fully saturated rings. The number of nitrogens with one attached hydrogen (secondary N) is 2. The molecule has 1 amide bonds. The normalized spacial score (nSPS) is 13.7. The number of hydrogen-bond donors (Lipinski definition) is 2. The number of aromatic nitrogens is 2. The van der Waals surface area contributed by atoms with Crippen molar-refractivity contribution < 1.29 is 4.79 Å². The minimum atomic E-state index is -0.0923. The van der Waals surface area contributed by atoms with E-state index in [9.17, 15) is 9.59 Å². The summed E-state index contributed by atoms with van der Waals surface area (Å²) in [7, 11) is 0. The summed E-state index contributed by atoms with van der Waals surface area (Å²) in [5.41, 5.74) is 1.65. The predicted octanol–water partition coefficient (Wildman–Crippen LogP) is 1.04. The molecule has 0 saturated heterocycles. The van der Waals surface area contributed by atoms with Crippen LogP contribution in [0.5, 0.6) is 0 Å². The van der Waals surface area contributed by atoms with Gasteiger partial charge in [-0.2, -0.15) is 0 Å². The smallest absolute Gasteiger partial charge is 0.254 e. The van der Waals surface area contributed by atoms with Crippen molar-refractivity contribution in [3.8, 4) is 0 Å². The first-order valence-electron chi connectivity index (χ1n) is 6.33. The molecule has 0 unspecified atom stereocenters. The molecule has 2 N–H and O–H groups in total. The van der Waals surface area contributed by atoms with Crippen LogP contribution >= 0.6 is 11.8 Å². The summed E-state index contributed by atoms with van der Waals surface area (Å²) in [6, 6.07) is 0. The van der Waals surface area contributed by atoms with Gasteiger partial charge in [0.15, 0.2) is 5.16 Å². The Kier molecular flexibility index (Phi) is 4.79. The first-order chi connectivity index (χ1) is 9.20. The third-order valence-electron chi connectivity index (χ3n) is 2.95. The van der Waals surface area contributed by atoms with Crippen LogP contribution in [-0.4, -0.2) is 28.2 Å². The second-order valence-corrected chi connectivity index (χ2v) is 5.35. The lowest BCUT2D eigenvalue weighted by Gasteiger charge is -2.14. The number of aryl methyl sites for hydroxylation is 1. The van der Waals surface area contributed by atoms with Crippen molar-refractivity contribution in [1.29, 1.82) is 0 Å². The molecule has 0 atom stereocenters. The number of nitrogens with zero attached hydrogens (tertiary/aromatic N) is 1. The van der Waals surface area contributed by atoms with E-state index in [2.05, 4.69) is 21.9 Å². The van der Waals surface area contributed by atoms with Crippen LogP contribution in [-0.2, 0) is 17.6 Å². The summed E-state index contributed by atoms with van der Waals surface area (Å²) in [6.07, 6.45) is 5.42. The number of H-pyrrole nitrogens is 1. The van der Waals surface area contributed by atoms with Crippen LogP contribution in [0.25, 0.3) is 0 Å². The average molecular weight is 279 g/mol. The zero-order valence-electron chi connectivity index (χ0n) is 10.7. The Hall–Kier alpha value is -1.56. The molecule has 0 saturated carbocycles. The quantitative estimate of drug-likeness (QED) is 0.480.